The Kier molecular flexibility index (Phi) is 6.75. The molecule has 186 valence electrons. The van der Waals surface area contributed by atoms with Gasteiger partial charge in [-0.05, 0) is 54.8 Å². The molecule has 0 bridgehead atoms. The van der Waals surface area contributed by atoms with E-state index >= 15 is 0 Å². The number of hydrogen-bond acceptors (Lipinski definition) is 6. The van der Waals surface area contributed by atoms with Crippen molar-refractivity contribution in [2.45, 2.75) is 38.4 Å². The number of phenols is 1. The van der Waals surface area contributed by atoms with Gasteiger partial charge < -0.3 is 14.8 Å². The van der Waals surface area contributed by atoms with E-state index in [1.807, 2.05) is 12.1 Å². The van der Waals surface area contributed by atoms with E-state index in [1.54, 1.807) is 23.7 Å². The molecule has 3 heterocycles. The van der Waals surface area contributed by atoms with E-state index in [4.69, 9.17) is 5.21 Å². The van der Waals surface area contributed by atoms with Crippen molar-refractivity contribution in [1.82, 2.24) is 19.8 Å². The predicted octanol–water partition coefficient (Wildman–Crippen LogP) is 2.47. The highest BCUT2D eigenvalue weighted by atomic mass is 19.1. The number of carbonyl (C=O) groups excluding carboxylic acids is 1. The number of benzene rings is 2. The predicted molar refractivity (Wildman–Crippen MR) is 129 cm³/mol. The zero-order valence-electron chi connectivity index (χ0n) is 19.6. The SMILES string of the molecule is O=C(NO)c1ccc(Cn2c3c(c4c(O)c(F)ccc42)CN(CCN2CCCC2CO)CC3)cc1. The summed E-state index contributed by atoms with van der Waals surface area (Å²) in [6.45, 7) is 4.94. The molecule has 0 aliphatic carbocycles. The Morgan fingerprint density at radius 2 is 1.91 bits per heavy atom. The fourth-order valence-electron chi connectivity index (χ4n) is 5.60. The second-order valence-corrected chi connectivity index (χ2v) is 9.48. The van der Waals surface area contributed by atoms with Gasteiger partial charge in [0.15, 0.2) is 11.6 Å². The summed E-state index contributed by atoms with van der Waals surface area (Å²) in [5.74, 6) is -1.51. The molecule has 0 spiro atoms. The number of halogens is 1. The summed E-state index contributed by atoms with van der Waals surface area (Å²) in [5, 5.41) is 29.7. The number of aromatic hydroxyl groups is 1. The highest BCUT2D eigenvalue weighted by Crippen LogP contribution is 2.38. The van der Waals surface area contributed by atoms with E-state index in [9.17, 15) is 19.4 Å². The summed E-state index contributed by atoms with van der Waals surface area (Å²) < 4.78 is 16.5. The van der Waals surface area contributed by atoms with Gasteiger partial charge in [-0.25, -0.2) is 9.87 Å². The van der Waals surface area contributed by atoms with Crippen molar-refractivity contribution in [2.75, 3.05) is 32.8 Å². The van der Waals surface area contributed by atoms with Crippen molar-refractivity contribution < 1.29 is 24.6 Å². The van der Waals surface area contributed by atoms with Crippen LogP contribution >= 0.6 is 0 Å². The van der Waals surface area contributed by atoms with Crippen molar-refractivity contribution in [2.24, 2.45) is 0 Å². The molecule has 3 aromatic rings. The molecule has 1 unspecified atom stereocenters. The van der Waals surface area contributed by atoms with Crippen LogP contribution in [0.4, 0.5) is 4.39 Å². The molecule has 2 aliphatic rings. The second-order valence-electron chi connectivity index (χ2n) is 9.48. The molecule has 4 N–H and O–H groups in total. The third kappa shape index (κ3) is 4.52. The Morgan fingerprint density at radius 3 is 2.66 bits per heavy atom. The summed E-state index contributed by atoms with van der Waals surface area (Å²) in [6.07, 6.45) is 2.92. The van der Waals surface area contributed by atoms with Gasteiger partial charge in [0.1, 0.15) is 0 Å². The molecule has 2 aromatic carbocycles. The van der Waals surface area contributed by atoms with Gasteiger partial charge in [0.2, 0.25) is 0 Å². The molecule has 1 atom stereocenters. The molecule has 1 amide bonds. The fraction of sp³-hybridized carbons (Fsp3) is 0.423. The van der Waals surface area contributed by atoms with Gasteiger partial charge in [-0.3, -0.25) is 19.8 Å². The summed E-state index contributed by atoms with van der Waals surface area (Å²) in [6, 6.07) is 10.2. The summed E-state index contributed by atoms with van der Waals surface area (Å²) >= 11 is 0. The highest BCUT2D eigenvalue weighted by molar-refractivity contribution is 5.93. The minimum absolute atomic E-state index is 0.191. The Balaban J connectivity index is 1.42. The van der Waals surface area contributed by atoms with Crippen LogP contribution in [-0.4, -0.2) is 74.5 Å². The van der Waals surface area contributed by atoms with Gasteiger partial charge in [0.05, 0.1) is 12.1 Å². The standard InChI is InChI=1S/C26H31FN4O4/c27-21-7-8-23-24(25(21)33)20-15-29(12-13-30-10-1-2-19(30)16-32)11-9-22(20)31(23)14-17-3-5-18(6-4-17)26(34)28-35/h3-8,19,32-33,35H,1-2,9-16H2,(H,28,34). The number of likely N-dealkylation sites (tertiary alicyclic amines) is 1. The zero-order chi connectivity index (χ0) is 24.5. The molecular formula is C26H31FN4O4. The molecule has 1 saturated heterocycles. The third-order valence-corrected chi connectivity index (χ3v) is 7.49. The van der Waals surface area contributed by atoms with Gasteiger partial charge in [-0.2, -0.15) is 0 Å². The molecule has 35 heavy (non-hydrogen) atoms. The maximum Gasteiger partial charge on any atom is 0.274 e. The molecule has 1 aromatic heterocycles. The van der Waals surface area contributed by atoms with E-state index in [2.05, 4.69) is 14.4 Å². The Bertz CT molecular complexity index is 1230. The first-order chi connectivity index (χ1) is 17.0. The van der Waals surface area contributed by atoms with E-state index in [0.717, 1.165) is 67.8 Å². The largest absolute Gasteiger partial charge is 0.504 e. The van der Waals surface area contributed by atoms with Crippen LogP contribution < -0.4 is 5.48 Å². The second kappa shape index (κ2) is 9.94. The lowest BCUT2D eigenvalue weighted by atomic mass is 10.0. The first kappa shape index (κ1) is 23.7. The number of rotatable bonds is 7. The lowest BCUT2D eigenvalue weighted by molar-refractivity contribution is 0.0706. The number of phenolic OH excluding ortho intramolecular Hbond substituents is 1. The molecule has 1 fully saturated rings. The number of carbonyl (C=O) groups is 1. The van der Waals surface area contributed by atoms with Crippen molar-refractivity contribution >= 4 is 16.8 Å². The maximum absolute atomic E-state index is 14.4. The molecule has 9 heteroatoms. The number of aliphatic hydroxyl groups excluding tert-OH is 1. The summed E-state index contributed by atoms with van der Waals surface area (Å²) in [5.41, 5.74) is 5.77. The average molecular weight is 483 g/mol. The molecule has 8 nitrogen and oxygen atoms in total. The normalized spacial score (nSPS) is 18.8. The zero-order valence-corrected chi connectivity index (χ0v) is 19.6. The number of hydroxylamine groups is 1. The number of hydrogen-bond donors (Lipinski definition) is 4. The van der Waals surface area contributed by atoms with Crippen LogP contribution in [0.1, 0.15) is 40.0 Å². The molecular weight excluding hydrogens is 451 g/mol. The summed E-state index contributed by atoms with van der Waals surface area (Å²) in [4.78, 5) is 16.3. The van der Waals surface area contributed by atoms with E-state index < -0.39 is 11.7 Å². The summed E-state index contributed by atoms with van der Waals surface area (Å²) in [7, 11) is 0. The van der Waals surface area contributed by atoms with Crippen LogP contribution in [0.25, 0.3) is 10.9 Å². The van der Waals surface area contributed by atoms with Crippen LogP contribution in [0.3, 0.4) is 0 Å². The lowest BCUT2D eigenvalue weighted by Crippen LogP contribution is -2.41. The Labute approximate surface area is 203 Å². The number of amides is 1. The number of aromatic nitrogens is 1. The third-order valence-electron chi connectivity index (χ3n) is 7.49. The van der Waals surface area contributed by atoms with Gasteiger partial charge in [0, 0.05) is 61.8 Å². The van der Waals surface area contributed by atoms with E-state index in [-0.39, 0.29) is 18.4 Å². The van der Waals surface area contributed by atoms with Crippen LogP contribution in [0.5, 0.6) is 5.75 Å². The van der Waals surface area contributed by atoms with Gasteiger partial charge in [0.25, 0.3) is 5.91 Å². The lowest BCUT2D eigenvalue weighted by Gasteiger charge is -2.31. The molecule has 2 aliphatic heterocycles. The van der Waals surface area contributed by atoms with Crippen molar-refractivity contribution in [1.29, 1.82) is 0 Å². The quantitative estimate of drug-likeness (QED) is 0.305. The number of nitrogens with zero attached hydrogens (tertiary/aromatic N) is 3. The van der Waals surface area contributed by atoms with Gasteiger partial charge >= 0.3 is 0 Å². The average Bonchev–Trinajstić information content (AvgIpc) is 3.47. The van der Waals surface area contributed by atoms with Crippen LogP contribution in [-0.2, 0) is 19.5 Å². The van der Waals surface area contributed by atoms with Crippen LogP contribution in [0, 0.1) is 5.82 Å². The molecule has 0 radical (unpaired) electrons. The van der Waals surface area contributed by atoms with E-state index in [1.165, 1.54) is 6.07 Å². The topological polar surface area (TPSA) is 101 Å². The first-order valence-electron chi connectivity index (χ1n) is 12.1. The van der Waals surface area contributed by atoms with E-state index in [0.29, 0.717) is 24.0 Å². The van der Waals surface area contributed by atoms with Gasteiger partial charge in [-0.1, -0.05) is 12.1 Å². The minimum Gasteiger partial charge on any atom is -0.504 e. The number of fused-ring (bicyclic) bond motifs is 3. The van der Waals surface area contributed by atoms with Gasteiger partial charge in [-0.15, -0.1) is 0 Å². The van der Waals surface area contributed by atoms with Crippen molar-refractivity contribution in [3.63, 3.8) is 0 Å². The Hall–Kier alpha value is -2.98. The van der Waals surface area contributed by atoms with Crippen LogP contribution in [0.2, 0.25) is 0 Å². The van der Waals surface area contributed by atoms with Crippen LogP contribution in [0.15, 0.2) is 36.4 Å². The van der Waals surface area contributed by atoms with Crippen molar-refractivity contribution in [3.8, 4) is 5.75 Å². The Morgan fingerprint density at radius 1 is 1.11 bits per heavy atom. The minimum atomic E-state index is -0.628. The number of nitrogens with one attached hydrogen (secondary N) is 1. The number of aliphatic hydroxyl groups is 1. The monoisotopic (exact) mass is 482 g/mol. The highest BCUT2D eigenvalue weighted by Gasteiger charge is 2.28. The molecule has 0 saturated carbocycles. The maximum atomic E-state index is 14.4. The fourth-order valence-corrected chi connectivity index (χ4v) is 5.60. The molecule has 5 rings (SSSR count). The smallest absolute Gasteiger partial charge is 0.274 e. The van der Waals surface area contributed by atoms with Crippen molar-refractivity contribution in [3.05, 3.63) is 64.6 Å². The first-order valence-corrected chi connectivity index (χ1v) is 12.1.